The van der Waals surface area contributed by atoms with Gasteiger partial charge in [0.1, 0.15) is 19.8 Å². The highest BCUT2D eigenvalue weighted by Gasteiger charge is 2.21. The van der Waals surface area contributed by atoms with Crippen molar-refractivity contribution in [3.63, 3.8) is 0 Å². The number of allylic oxidation sites excluding steroid dienone is 8. The fourth-order valence-corrected chi connectivity index (χ4v) is 5.00. The van der Waals surface area contributed by atoms with Crippen molar-refractivity contribution >= 4 is 19.8 Å². The summed E-state index contributed by atoms with van der Waals surface area (Å²) in [6, 6.07) is 0. The van der Waals surface area contributed by atoms with E-state index in [1.54, 1.807) is 0 Å². The first-order valence-corrected chi connectivity index (χ1v) is 19.3. The van der Waals surface area contributed by atoms with Crippen LogP contribution in [0.4, 0.5) is 0 Å². The molecular weight excluding hydrogens is 617 g/mol. The van der Waals surface area contributed by atoms with Gasteiger partial charge in [-0.1, -0.05) is 107 Å². The lowest BCUT2D eigenvalue weighted by molar-refractivity contribution is -0.870. The number of carbonyl (C=O) groups is 2. The van der Waals surface area contributed by atoms with Crippen LogP contribution >= 0.6 is 7.82 Å². The molecule has 0 amide bonds. The first kappa shape index (κ1) is 45.0. The number of hydrogen-bond acceptors (Lipinski definition) is 8. The van der Waals surface area contributed by atoms with E-state index in [1.807, 2.05) is 28.1 Å². The third-order valence-corrected chi connectivity index (χ3v) is 8.08. The Morgan fingerprint density at radius 2 is 1.21 bits per heavy atom. The molecule has 0 N–H and O–H groups in total. The van der Waals surface area contributed by atoms with Gasteiger partial charge in [-0.05, 0) is 51.4 Å². The summed E-state index contributed by atoms with van der Waals surface area (Å²) in [6.07, 6.45) is 32.6. The lowest BCUT2D eigenvalue weighted by atomic mass is 10.1. The third kappa shape index (κ3) is 33.7. The van der Waals surface area contributed by atoms with Crippen molar-refractivity contribution in [3.05, 3.63) is 48.6 Å². The molecule has 0 radical (unpaired) electrons. The summed E-state index contributed by atoms with van der Waals surface area (Å²) in [6.45, 7) is 3.80. The summed E-state index contributed by atoms with van der Waals surface area (Å²) in [5, 5.41) is 0. The van der Waals surface area contributed by atoms with Crippen molar-refractivity contribution in [2.24, 2.45) is 0 Å². The van der Waals surface area contributed by atoms with Crippen LogP contribution in [0.3, 0.4) is 0 Å². The van der Waals surface area contributed by atoms with Crippen molar-refractivity contribution in [2.75, 3.05) is 47.5 Å². The van der Waals surface area contributed by atoms with E-state index in [4.69, 9.17) is 18.5 Å². The molecule has 0 spiro atoms. The maximum atomic E-state index is 12.5. The van der Waals surface area contributed by atoms with Gasteiger partial charge in [0.2, 0.25) is 0 Å². The number of rotatable bonds is 31. The Morgan fingerprint density at radius 1 is 0.681 bits per heavy atom. The molecule has 0 aliphatic rings. The van der Waals surface area contributed by atoms with E-state index in [0.29, 0.717) is 23.9 Å². The Bertz CT molecular complexity index is 954. The van der Waals surface area contributed by atoms with E-state index in [1.165, 1.54) is 25.7 Å². The largest absolute Gasteiger partial charge is 0.756 e. The molecule has 0 aromatic carbocycles. The van der Waals surface area contributed by atoms with Crippen LogP contribution in [0.5, 0.6) is 0 Å². The number of esters is 2. The number of phosphoric ester groups is 1. The molecule has 9 nitrogen and oxygen atoms in total. The molecule has 2 unspecified atom stereocenters. The molecule has 272 valence electrons. The molecule has 0 fully saturated rings. The predicted molar refractivity (Wildman–Crippen MR) is 190 cm³/mol. The van der Waals surface area contributed by atoms with Crippen LogP contribution in [0, 0.1) is 0 Å². The number of hydrogen-bond donors (Lipinski definition) is 0. The smallest absolute Gasteiger partial charge is 0.306 e. The lowest BCUT2D eigenvalue weighted by Gasteiger charge is -2.28. The number of ether oxygens (including phenoxy) is 2. The molecule has 0 saturated carbocycles. The number of quaternary nitrogens is 1. The second kappa shape index (κ2) is 30.1. The molecule has 0 bridgehead atoms. The zero-order valence-electron chi connectivity index (χ0n) is 30.2. The van der Waals surface area contributed by atoms with Gasteiger partial charge in [0, 0.05) is 12.8 Å². The SMILES string of the molecule is CC/C=C\C/C=C\C/C=C\C/C=C\CCCCCCCCCCC(=O)OC(COC(=O)CCCC)COP(=O)([O-])OCC[N+](C)(C)C. The molecule has 0 aliphatic carbocycles. The minimum absolute atomic E-state index is 0.0350. The summed E-state index contributed by atoms with van der Waals surface area (Å²) in [5.74, 6) is -0.891. The van der Waals surface area contributed by atoms with Gasteiger partial charge in [-0.15, -0.1) is 0 Å². The van der Waals surface area contributed by atoms with Gasteiger partial charge < -0.3 is 27.9 Å². The van der Waals surface area contributed by atoms with E-state index in [-0.39, 0.29) is 26.1 Å². The highest BCUT2D eigenvalue weighted by molar-refractivity contribution is 7.45. The minimum atomic E-state index is -4.60. The van der Waals surface area contributed by atoms with E-state index < -0.39 is 32.5 Å². The number of likely N-dealkylation sites (N-methyl/N-ethyl adjacent to an activating group) is 1. The van der Waals surface area contributed by atoms with E-state index in [0.717, 1.165) is 57.8 Å². The first-order chi connectivity index (χ1) is 22.5. The molecule has 10 heteroatoms. The van der Waals surface area contributed by atoms with Crippen LogP contribution in [0.2, 0.25) is 0 Å². The fraction of sp³-hybridized carbons (Fsp3) is 0.730. The molecule has 0 heterocycles. The minimum Gasteiger partial charge on any atom is -0.756 e. The molecule has 0 aromatic heterocycles. The predicted octanol–water partition coefficient (Wildman–Crippen LogP) is 8.55. The average Bonchev–Trinajstić information content (AvgIpc) is 3.01. The summed E-state index contributed by atoms with van der Waals surface area (Å²) in [7, 11) is 1.14. The quantitative estimate of drug-likeness (QED) is 0.0235. The van der Waals surface area contributed by atoms with Crippen molar-refractivity contribution in [1.29, 1.82) is 0 Å². The van der Waals surface area contributed by atoms with E-state index in [9.17, 15) is 19.0 Å². The van der Waals surface area contributed by atoms with Gasteiger partial charge in [-0.2, -0.15) is 0 Å². The zero-order chi connectivity index (χ0) is 35.1. The van der Waals surface area contributed by atoms with Crippen LogP contribution in [-0.2, 0) is 32.7 Å². The van der Waals surface area contributed by atoms with Gasteiger partial charge in [-0.25, -0.2) is 0 Å². The van der Waals surface area contributed by atoms with E-state index in [2.05, 4.69) is 55.5 Å². The average molecular weight is 684 g/mol. The summed E-state index contributed by atoms with van der Waals surface area (Å²) < 4.78 is 33.2. The lowest BCUT2D eigenvalue weighted by Crippen LogP contribution is -2.37. The Hall–Kier alpha value is -2.03. The van der Waals surface area contributed by atoms with E-state index >= 15 is 0 Å². The van der Waals surface area contributed by atoms with Gasteiger partial charge in [-0.3, -0.25) is 14.2 Å². The topological polar surface area (TPSA) is 111 Å². The Kier molecular flexibility index (Phi) is 28.8. The van der Waals surface area contributed by atoms with Crippen LogP contribution in [0.1, 0.15) is 123 Å². The van der Waals surface area contributed by atoms with Crippen LogP contribution in [-0.4, -0.2) is 70.0 Å². The third-order valence-electron chi connectivity index (χ3n) is 7.11. The van der Waals surface area contributed by atoms with Crippen LogP contribution < -0.4 is 4.89 Å². The standard InChI is InChI=1S/C37H66NO8P/c1-6-8-10-11-12-13-14-15-16-17-18-19-20-21-22-23-24-25-26-27-28-30-37(40)46-35(33-43-36(39)29-9-7-2)34-45-47(41,42)44-32-31-38(3,4)5/h8,10,12-13,15-16,18-19,35H,6-7,9,11,14,17,20-34H2,1-5H3/b10-8-,13-12-,16-15-,19-18-. The van der Waals surface area contributed by atoms with Crippen LogP contribution in [0.15, 0.2) is 48.6 Å². The Labute approximate surface area is 286 Å². The van der Waals surface area contributed by atoms with Gasteiger partial charge in [0.05, 0.1) is 27.7 Å². The van der Waals surface area contributed by atoms with Gasteiger partial charge in [0.15, 0.2) is 6.10 Å². The van der Waals surface area contributed by atoms with Crippen LogP contribution in [0.25, 0.3) is 0 Å². The first-order valence-electron chi connectivity index (χ1n) is 17.8. The number of unbranched alkanes of at least 4 members (excludes halogenated alkanes) is 9. The highest BCUT2D eigenvalue weighted by Crippen LogP contribution is 2.38. The molecule has 0 aliphatic heterocycles. The monoisotopic (exact) mass is 683 g/mol. The normalized spacial score (nSPS) is 14.4. The summed E-state index contributed by atoms with van der Waals surface area (Å²) in [4.78, 5) is 36.6. The maximum Gasteiger partial charge on any atom is 0.306 e. The van der Waals surface area contributed by atoms with Crippen molar-refractivity contribution < 1.29 is 42.1 Å². The molecule has 0 aromatic rings. The van der Waals surface area contributed by atoms with Gasteiger partial charge >= 0.3 is 11.9 Å². The maximum absolute atomic E-state index is 12.5. The van der Waals surface area contributed by atoms with Crippen molar-refractivity contribution in [3.8, 4) is 0 Å². The Balaban J connectivity index is 4.13. The van der Waals surface area contributed by atoms with Crippen molar-refractivity contribution in [2.45, 2.75) is 129 Å². The number of nitrogens with zero attached hydrogens (tertiary/aromatic N) is 1. The van der Waals surface area contributed by atoms with Gasteiger partial charge in [0.25, 0.3) is 7.82 Å². The molecule has 0 saturated heterocycles. The Morgan fingerprint density at radius 3 is 1.79 bits per heavy atom. The second-order valence-corrected chi connectivity index (χ2v) is 14.3. The molecular formula is C37H66NO8P. The number of carbonyl (C=O) groups excluding carboxylic acids is 2. The summed E-state index contributed by atoms with van der Waals surface area (Å²) >= 11 is 0. The second-order valence-electron chi connectivity index (χ2n) is 12.9. The molecule has 0 rings (SSSR count). The zero-order valence-corrected chi connectivity index (χ0v) is 31.1. The molecule has 2 atom stereocenters. The number of phosphoric acid groups is 1. The fourth-order valence-electron chi connectivity index (χ4n) is 4.27. The highest BCUT2D eigenvalue weighted by atomic mass is 31.2. The molecule has 47 heavy (non-hydrogen) atoms. The van der Waals surface area contributed by atoms with Crippen molar-refractivity contribution in [1.82, 2.24) is 0 Å². The summed E-state index contributed by atoms with van der Waals surface area (Å²) in [5.41, 5.74) is 0.